The minimum absolute atomic E-state index is 0.125. The van der Waals surface area contributed by atoms with Gasteiger partial charge in [-0.1, -0.05) is 62.3 Å². The van der Waals surface area contributed by atoms with Gasteiger partial charge >= 0.3 is 21.8 Å². The van der Waals surface area contributed by atoms with Crippen molar-refractivity contribution in [1.82, 2.24) is 0 Å². The molecule has 0 saturated carbocycles. The summed E-state index contributed by atoms with van der Waals surface area (Å²) < 4.78 is 14.9. The molecule has 0 aliphatic carbocycles. The molecule has 0 radical (unpaired) electrons. The molecule has 25 heavy (non-hydrogen) atoms. The van der Waals surface area contributed by atoms with Crippen LogP contribution in [0.1, 0.15) is 62.3 Å². The first kappa shape index (κ1) is 26.6. The summed E-state index contributed by atoms with van der Waals surface area (Å²) in [5, 5.41) is 0. The Kier molecular flexibility index (Phi) is 13.4. The van der Waals surface area contributed by atoms with E-state index in [0.717, 1.165) is 5.75 Å². The Hall–Kier alpha value is -0.670. The molecule has 140 valence electrons. The van der Waals surface area contributed by atoms with Crippen LogP contribution in [0.25, 0.3) is 0 Å². The minimum atomic E-state index is -1.78. The molecule has 0 bridgehead atoms. The zero-order chi connectivity index (χ0) is 20.3. The second kappa shape index (κ2) is 12.6. The van der Waals surface area contributed by atoms with E-state index in [9.17, 15) is 4.79 Å². The van der Waals surface area contributed by atoms with Gasteiger partial charge in [-0.05, 0) is 22.4 Å². The third-order valence-corrected chi connectivity index (χ3v) is 10.00. The molecule has 0 unspecified atom stereocenters. The van der Waals surface area contributed by atoms with E-state index in [1.54, 1.807) is 0 Å². The van der Waals surface area contributed by atoms with Crippen molar-refractivity contribution in [2.75, 3.05) is 0 Å². The van der Waals surface area contributed by atoms with Crippen LogP contribution >= 0.6 is 0 Å². The van der Waals surface area contributed by atoms with Gasteiger partial charge in [0.2, 0.25) is 0 Å². The molecule has 1 aromatic rings. The maximum atomic E-state index is 9.70. The number of hydrogen-bond acceptors (Lipinski definition) is 3. The molecule has 0 aliphatic rings. The molecule has 5 heteroatoms. The molecular weight excluding hydrogens is 382 g/mol. The van der Waals surface area contributed by atoms with E-state index in [-0.39, 0.29) is 23.7 Å². The van der Waals surface area contributed by atoms with E-state index in [4.69, 9.17) is 8.00 Å². The van der Waals surface area contributed by atoms with Gasteiger partial charge in [0, 0.05) is 0 Å². The van der Waals surface area contributed by atoms with Crippen LogP contribution in [0.5, 0.6) is 5.75 Å². The summed E-state index contributed by atoms with van der Waals surface area (Å²) in [6.45, 7) is 19.3. The topological polar surface area (TPSA) is 43.4 Å². The quantitative estimate of drug-likeness (QED) is 0.433. The molecule has 0 spiro atoms. The monoisotopic (exact) mass is 414 g/mol. The van der Waals surface area contributed by atoms with Gasteiger partial charge in [0.05, 0.1) is 0 Å². The fourth-order valence-corrected chi connectivity index (χ4v) is 8.25. The molecule has 0 fully saturated rings. The van der Waals surface area contributed by atoms with E-state index in [1.165, 1.54) is 0 Å². The molecule has 0 atom stereocenters. The Balaban J connectivity index is 0. The number of rotatable bonds is 5. The predicted molar refractivity (Wildman–Crippen MR) is 103 cm³/mol. The first-order valence-electron chi connectivity index (χ1n) is 8.80. The van der Waals surface area contributed by atoms with Crippen LogP contribution in [0.3, 0.4) is 0 Å². The number of carbonyl (C=O) groups excluding carboxylic acids is 1. The van der Waals surface area contributed by atoms with Crippen molar-refractivity contribution >= 4 is 14.6 Å². The van der Waals surface area contributed by atoms with Crippen LogP contribution in [-0.4, -0.2) is 14.6 Å². The third-order valence-electron chi connectivity index (χ3n) is 4.00. The molecule has 1 rings (SSSR count). The second-order valence-electron chi connectivity index (χ2n) is 8.01. The second-order valence-corrected chi connectivity index (χ2v) is 13.4. The van der Waals surface area contributed by atoms with Crippen LogP contribution in [0.2, 0.25) is 16.6 Å². The summed E-state index contributed by atoms with van der Waals surface area (Å²) >= 11 is 0.125. The Morgan fingerprint density at radius 2 is 1.28 bits per heavy atom. The van der Waals surface area contributed by atoms with E-state index in [1.807, 2.05) is 51.3 Å². The summed E-state index contributed by atoms with van der Waals surface area (Å²) in [6.07, 6.45) is 1.85. The Morgan fingerprint density at radius 1 is 0.960 bits per heavy atom. The van der Waals surface area contributed by atoms with Crippen molar-refractivity contribution in [3.63, 3.8) is 0 Å². The summed E-state index contributed by atoms with van der Waals surface area (Å²) in [7, 11) is -1.78. The van der Waals surface area contributed by atoms with Gasteiger partial charge in [-0.25, -0.2) is 0 Å². The van der Waals surface area contributed by atoms with Crippen molar-refractivity contribution in [2.24, 2.45) is 5.41 Å². The number of benzene rings is 1. The Bertz CT molecular complexity index is 446. The fourth-order valence-electron chi connectivity index (χ4n) is 3.00. The number of hydrogen-bond donors (Lipinski definition) is 0. The van der Waals surface area contributed by atoms with Gasteiger partial charge in [-0.15, -0.1) is 17.5 Å². The van der Waals surface area contributed by atoms with Crippen LogP contribution in [0, 0.1) is 11.5 Å². The van der Waals surface area contributed by atoms with Crippen LogP contribution < -0.4 is 4.43 Å². The SMILES string of the molecule is CC(C)(C)[C-]=O.CC(C)[Si](Oc1cc[c-]cc1)(C(C)C)C(C)C.[O]=[Zn]. The van der Waals surface area contributed by atoms with Crippen molar-refractivity contribution < 1.29 is 31.0 Å². The van der Waals surface area contributed by atoms with Gasteiger partial charge in [0.25, 0.3) is 8.32 Å². The van der Waals surface area contributed by atoms with Gasteiger partial charge in [-0.3, -0.25) is 6.29 Å². The van der Waals surface area contributed by atoms with Gasteiger partial charge in [0.15, 0.2) is 0 Å². The van der Waals surface area contributed by atoms with Crippen LogP contribution in [-0.2, 0) is 26.6 Å². The molecule has 0 N–H and O–H groups in total. The summed E-state index contributed by atoms with van der Waals surface area (Å²) in [5.41, 5.74) is 1.59. The average molecular weight is 416 g/mol. The zero-order valence-corrected chi connectivity index (χ0v) is 21.4. The van der Waals surface area contributed by atoms with Gasteiger partial charge in [0.1, 0.15) is 0 Å². The van der Waals surface area contributed by atoms with Crippen LogP contribution in [0.15, 0.2) is 24.3 Å². The van der Waals surface area contributed by atoms with Crippen LogP contribution in [0.4, 0.5) is 0 Å². The average Bonchev–Trinajstić information content (AvgIpc) is 2.54. The molecule has 3 nitrogen and oxygen atoms in total. The molecule has 0 heterocycles. The first-order valence-corrected chi connectivity index (χ1v) is 12.2. The Labute approximate surface area is 166 Å². The molecular formula is C20H34O3SiZn-2. The third kappa shape index (κ3) is 9.56. The van der Waals surface area contributed by atoms with Gasteiger partial charge < -0.3 is 9.22 Å². The Morgan fingerprint density at radius 3 is 1.52 bits per heavy atom. The van der Waals surface area contributed by atoms with E-state index in [2.05, 4.69) is 47.6 Å². The maximum absolute atomic E-state index is 9.70. The van der Waals surface area contributed by atoms with Crippen molar-refractivity contribution in [3.8, 4) is 5.75 Å². The van der Waals surface area contributed by atoms with Crippen molar-refractivity contribution in [2.45, 2.75) is 78.9 Å². The standard InChI is InChI=1S/C15H25OSi.C5H9O.O.Zn/c1-12(2)17(13(3)4,14(5)6)16-15-10-8-7-9-11-15;1-5(2,3)4-6;;/h8-14H,1-6H3;1-3H3;;/q2*-1;;. The molecule has 0 amide bonds. The van der Waals surface area contributed by atoms with Crippen molar-refractivity contribution in [3.05, 3.63) is 30.3 Å². The fraction of sp³-hybridized carbons (Fsp3) is 0.650. The molecule has 0 aliphatic heterocycles. The van der Waals surface area contributed by atoms with E-state index in [0.29, 0.717) is 16.6 Å². The summed E-state index contributed by atoms with van der Waals surface area (Å²) in [4.78, 5) is 9.70. The van der Waals surface area contributed by atoms with Crippen molar-refractivity contribution in [1.29, 1.82) is 0 Å². The summed E-state index contributed by atoms with van der Waals surface area (Å²) in [6, 6.07) is 10.9. The summed E-state index contributed by atoms with van der Waals surface area (Å²) in [5.74, 6) is 1.01. The first-order chi connectivity index (χ1) is 11.5. The molecule has 0 aromatic heterocycles. The zero-order valence-electron chi connectivity index (χ0n) is 17.5. The molecule has 0 saturated heterocycles. The molecule has 1 aromatic carbocycles. The predicted octanol–water partition coefficient (Wildman–Crippen LogP) is 6.06. The normalized spacial score (nSPS) is 11.4. The van der Waals surface area contributed by atoms with Gasteiger partial charge in [-0.2, -0.15) is 18.2 Å². The van der Waals surface area contributed by atoms with E-state index >= 15 is 0 Å². The van der Waals surface area contributed by atoms with E-state index < -0.39 is 8.32 Å².